The molecule has 40 heavy (non-hydrogen) atoms. The monoisotopic (exact) mass is 546 g/mol. The second-order valence-electron chi connectivity index (χ2n) is 8.96. The molecule has 10 nitrogen and oxygen atoms in total. The van der Waals surface area contributed by atoms with E-state index in [1.54, 1.807) is 38.5 Å². The smallest absolute Gasteiger partial charge is 0.338 e. The molecule has 10 heteroatoms. The summed E-state index contributed by atoms with van der Waals surface area (Å²) in [4.78, 5) is 51.7. The van der Waals surface area contributed by atoms with Crippen LogP contribution in [0.5, 0.6) is 17.2 Å². The van der Waals surface area contributed by atoms with E-state index >= 15 is 0 Å². The molecule has 208 valence electrons. The molecule has 3 aromatic rings. The van der Waals surface area contributed by atoms with Gasteiger partial charge in [0.05, 0.1) is 50.6 Å². The van der Waals surface area contributed by atoms with Crippen LogP contribution in [0.1, 0.15) is 32.7 Å². The third kappa shape index (κ3) is 6.29. The first kappa shape index (κ1) is 28.3. The van der Waals surface area contributed by atoms with Crippen molar-refractivity contribution in [3.05, 3.63) is 83.4 Å². The number of carbonyl (C=O) groups excluding carboxylic acids is 4. The first-order valence-corrected chi connectivity index (χ1v) is 12.6. The van der Waals surface area contributed by atoms with Crippen LogP contribution >= 0.6 is 0 Å². The number of imide groups is 1. The Balaban J connectivity index is 1.31. The minimum absolute atomic E-state index is 0.0274. The Morgan fingerprint density at radius 3 is 2.27 bits per heavy atom. The van der Waals surface area contributed by atoms with Crippen LogP contribution < -0.4 is 24.4 Å². The molecule has 1 fully saturated rings. The first-order chi connectivity index (χ1) is 19.4. The molecule has 1 aliphatic rings. The van der Waals surface area contributed by atoms with E-state index in [1.165, 1.54) is 31.4 Å². The maximum Gasteiger partial charge on any atom is 0.338 e. The molecule has 0 aromatic heterocycles. The van der Waals surface area contributed by atoms with E-state index in [9.17, 15) is 19.2 Å². The summed E-state index contributed by atoms with van der Waals surface area (Å²) in [6, 6.07) is 17.5. The fourth-order valence-electron chi connectivity index (χ4n) is 4.40. The number of para-hydroxylation sites is 1. The van der Waals surface area contributed by atoms with E-state index in [0.717, 1.165) is 10.5 Å². The number of amides is 2. The molecule has 0 bridgehead atoms. The number of ketones is 1. The normalized spacial score (nSPS) is 14.7. The highest BCUT2D eigenvalue weighted by atomic mass is 16.5. The molecule has 3 aromatic carbocycles. The fraction of sp³-hybridized carbons (Fsp3) is 0.267. The van der Waals surface area contributed by atoms with Crippen LogP contribution in [0.4, 0.5) is 5.69 Å². The average molecular weight is 547 g/mol. The van der Waals surface area contributed by atoms with Crippen LogP contribution in [-0.4, -0.2) is 64.1 Å². The van der Waals surface area contributed by atoms with Crippen molar-refractivity contribution in [2.24, 2.45) is 0 Å². The van der Waals surface area contributed by atoms with Gasteiger partial charge in [0.1, 0.15) is 5.75 Å². The Kier molecular flexibility index (Phi) is 9.13. The number of nitrogens with zero attached hydrogens (tertiary/aromatic N) is 1. The molecule has 1 atom stereocenters. The van der Waals surface area contributed by atoms with Crippen molar-refractivity contribution in [3.8, 4) is 17.2 Å². The first-order valence-electron chi connectivity index (χ1n) is 12.6. The quantitative estimate of drug-likeness (QED) is 0.207. The van der Waals surface area contributed by atoms with Gasteiger partial charge in [-0.1, -0.05) is 18.2 Å². The number of esters is 1. The van der Waals surface area contributed by atoms with E-state index in [4.69, 9.17) is 18.9 Å². The zero-order valence-electron chi connectivity index (χ0n) is 22.5. The molecule has 1 saturated heterocycles. The van der Waals surface area contributed by atoms with Crippen molar-refractivity contribution in [2.75, 3.05) is 39.4 Å². The van der Waals surface area contributed by atoms with Gasteiger partial charge in [-0.25, -0.2) is 9.69 Å². The summed E-state index contributed by atoms with van der Waals surface area (Å²) >= 11 is 0. The minimum Gasteiger partial charge on any atom is -0.496 e. The van der Waals surface area contributed by atoms with Gasteiger partial charge in [0.15, 0.2) is 18.1 Å². The summed E-state index contributed by atoms with van der Waals surface area (Å²) in [5.41, 5.74) is 1.83. The number of nitrogens with one attached hydrogen (secondary N) is 1. The predicted octanol–water partition coefficient (Wildman–Crippen LogP) is 3.22. The van der Waals surface area contributed by atoms with Gasteiger partial charge in [0, 0.05) is 0 Å². The van der Waals surface area contributed by atoms with Crippen molar-refractivity contribution >= 4 is 29.3 Å². The largest absolute Gasteiger partial charge is 0.496 e. The third-order valence-corrected chi connectivity index (χ3v) is 6.50. The Bertz CT molecular complexity index is 1400. The molecule has 1 N–H and O–H groups in total. The van der Waals surface area contributed by atoms with Gasteiger partial charge in [-0.2, -0.15) is 0 Å². The van der Waals surface area contributed by atoms with Gasteiger partial charge >= 0.3 is 5.97 Å². The highest BCUT2D eigenvalue weighted by Gasteiger charge is 2.39. The predicted molar refractivity (Wildman–Crippen MR) is 146 cm³/mol. The summed E-state index contributed by atoms with van der Waals surface area (Å²) in [5, 5.41) is 3.16. The van der Waals surface area contributed by atoms with Crippen LogP contribution in [-0.2, 0) is 20.7 Å². The number of benzene rings is 3. The average Bonchev–Trinajstić information content (AvgIpc) is 3.27. The summed E-state index contributed by atoms with van der Waals surface area (Å²) < 4.78 is 20.9. The number of hydrogen-bond acceptors (Lipinski definition) is 9. The van der Waals surface area contributed by atoms with E-state index < -0.39 is 24.4 Å². The number of anilines is 1. The zero-order valence-corrected chi connectivity index (χ0v) is 22.5. The lowest BCUT2D eigenvalue weighted by atomic mass is 10.1. The number of hydrogen-bond donors (Lipinski definition) is 1. The van der Waals surface area contributed by atoms with Gasteiger partial charge in [-0.05, 0) is 67.1 Å². The van der Waals surface area contributed by atoms with Crippen molar-refractivity contribution < 1.29 is 38.1 Å². The second-order valence-corrected chi connectivity index (χ2v) is 8.96. The molecule has 1 aliphatic heterocycles. The molecule has 0 aliphatic carbocycles. The SMILES string of the molecule is COc1ccc(CCNC2CC(=O)N(c3ccc(C(=O)OCC(=O)c4ccccc4OC)cc3)C2=O)cc1OC. The molecule has 0 radical (unpaired) electrons. The van der Waals surface area contributed by atoms with Gasteiger partial charge < -0.3 is 24.3 Å². The van der Waals surface area contributed by atoms with Crippen LogP contribution in [0.3, 0.4) is 0 Å². The maximum absolute atomic E-state index is 13.0. The Labute approximate surface area is 231 Å². The van der Waals surface area contributed by atoms with E-state index in [1.807, 2.05) is 18.2 Å². The lowest BCUT2D eigenvalue weighted by Gasteiger charge is -2.16. The van der Waals surface area contributed by atoms with Crippen LogP contribution in [0, 0.1) is 0 Å². The number of ether oxygens (including phenoxy) is 4. The lowest BCUT2D eigenvalue weighted by Crippen LogP contribution is -2.39. The number of rotatable bonds is 12. The molecule has 1 heterocycles. The van der Waals surface area contributed by atoms with Gasteiger partial charge in [-0.15, -0.1) is 0 Å². The molecular weight excluding hydrogens is 516 g/mol. The molecule has 1 unspecified atom stereocenters. The number of methoxy groups -OCH3 is 3. The standard InChI is InChI=1S/C30H30N2O8/c1-37-25-7-5-4-6-22(25)24(33)18-40-30(36)20-9-11-21(12-10-20)32-28(34)17-23(29(32)35)31-15-14-19-8-13-26(38-2)27(16-19)39-3/h4-13,16,23,31H,14-15,17-18H2,1-3H3. The van der Waals surface area contributed by atoms with Crippen molar-refractivity contribution in [3.63, 3.8) is 0 Å². The number of carbonyl (C=O) groups is 4. The summed E-state index contributed by atoms with van der Waals surface area (Å²) in [7, 11) is 4.59. The van der Waals surface area contributed by atoms with E-state index in [-0.39, 0.29) is 23.8 Å². The number of Topliss-reactive ketones (excluding diaryl/α,β-unsaturated/α-hetero) is 1. The molecule has 4 rings (SSSR count). The van der Waals surface area contributed by atoms with Crippen LogP contribution in [0.2, 0.25) is 0 Å². The summed E-state index contributed by atoms with van der Waals surface area (Å²) in [5.74, 6) is -0.174. The van der Waals surface area contributed by atoms with Crippen molar-refractivity contribution in [2.45, 2.75) is 18.9 Å². The van der Waals surface area contributed by atoms with Gasteiger partial charge in [0.2, 0.25) is 11.7 Å². The Hall–Kier alpha value is -4.70. The topological polar surface area (TPSA) is 120 Å². The fourth-order valence-corrected chi connectivity index (χ4v) is 4.40. The summed E-state index contributed by atoms with van der Waals surface area (Å²) in [6.45, 7) is 0.0199. The van der Waals surface area contributed by atoms with Crippen LogP contribution in [0.25, 0.3) is 0 Å². The van der Waals surface area contributed by atoms with Gasteiger partial charge in [-0.3, -0.25) is 14.4 Å². The molecule has 0 spiro atoms. The molecule has 2 amide bonds. The second kappa shape index (κ2) is 12.9. The van der Waals surface area contributed by atoms with Crippen molar-refractivity contribution in [1.29, 1.82) is 0 Å². The molecule has 0 saturated carbocycles. The zero-order chi connectivity index (χ0) is 28.6. The molecular formula is C30H30N2O8. The Morgan fingerprint density at radius 1 is 0.875 bits per heavy atom. The van der Waals surface area contributed by atoms with Crippen molar-refractivity contribution in [1.82, 2.24) is 5.32 Å². The van der Waals surface area contributed by atoms with E-state index in [0.29, 0.717) is 41.5 Å². The Morgan fingerprint density at radius 2 is 1.57 bits per heavy atom. The maximum atomic E-state index is 13.0. The van der Waals surface area contributed by atoms with Gasteiger partial charge in [0.25, 0.3) is 5.91 Å². The highest BCUT2D eigenvalue weighted by Crippen LogP contribution is 2.28. The lowest BCUT2D eigenvalue weighted by molar-refractivity contribution is -0.121. The summed E-state index contributed by atoms with van der Waals surface area (Å²) in [6.07, 6.45) is 0.647. The van der Waals surface area contributed by atoms with E-state index in [2.05, 4.69) is 5.32 Å². The third-order valence-electron chi connectivity index (χ3n) is 6.50. The minimum atomic E-state index is -0.705. The van der Waals surface area contributed by atoms with Crippen LogP contribution in [0.15, 0.2) is 66.7 Å². The highest BCUT2D eigenvalue weighted by molar-refractivity contribution is 6.22.